The van der Waals surface area contributed by atoms with Crippen LogP contribution in [-0.4, -0.2) is 55.1 Å². The van der Waals surface area contributed by atoms with Gasteiger partial charge in [0.2, 0.25) is 0 Å². The van der Waals surface area contributed by atoms with Gasteiger partial charge in [0, 0.05) is 38.3 Å². The molecule has 1 heterocycles. The average Bonchev–Trinajstić information content (AvgIpc) is 2.31. The summed E-state index contributed by atoms with van der Waals surface area (Å²) >= 11 is 0. The summed E-state index contributed by atoms with van der Waals surface area (Å²) in [6.07, 6.45) is 4.01. The van der Waals surface area contributed by atoms with Crippen molar-refractivity contribution in [3.63, 3.8) is 0 Å². The molecule has 0 aromatic rings. The van der Waals surface area contributed by atoms with E-state index in [4.69, 9.17) is 5.73 Å². The number of nitrogens with zero attached hydrogens (tertiary/aromatic N) is 2. The quantitative estimate of drug-likeness (QED) is 0.790. The molecule has 3 nitrogen and oxygen atoms in total. The van der Waals surface area contributed by atoms with Gasteiger partial charge in [-0.05, 0) is 38.1 Å². The first-order valence-corrected chi connectivity index (χ1v) is 7.22. The topological polar surface area (TPSA) is 32.5 Å². The van der Waals surface area contributed by atoms with Crippen LogP contribution >= 0.6 is 0 Å². The molecule has 1 saturated carbocycles. The van der Waals surface area contributed by atoms with E-state index in [0.29, 0.717) is 5.54 Å². The first kappa shape index (κ1) is 13.3. The summed E-state index contributed by atoms with van der Waals surface area (Å²) in [6.45, 7) is 10.4. The van der Waals surface area contributed by atoms with E-state index in [1.54, 1.807) is 0 Å². The molecule has 100 valence electrons. The third-order valence-electron chi connectivity index (χ3n) is 5.23. The Hall–Kier alpha value is -0.120. The third-order valence-corrected chi connectivity index (χ3v) is 5.23. The highest BCUT2D eigenvalue weighted by Gasteiger charge is 2.44. The second-order valence-electron chi connectivity index (χ2n) is 6.38. The number of hydrogen-bond acceptors (Lipinski definition) is 3. The summed E-state index contributed by atoms with van der Waals surface area (Å²) in [5.74, 6) is 1.64. The number of nitrogens with two attached hydrogens (primary N) is 1. The van der Waals surface area contributed by atoms with Gasteiger partial charge in [-0.25, -0.2) is 0 Å². The van der Waals surface area contributed by atoms with E-state index < -0.39 is 0 Å². The smallest absolute Gasteiger partial charge is 0.0358 e. The lowest BCUT2D eigenvalue weighted by molar-refractivity contribution is -0.0248. The second-order valence-corrected chi connectivity index (χ2v) is 6.38. The summed E-state index contributed by atoms with van der Waals surface area (Å²) in [6, 6.07) is 0. The SMILES string of the molecule is CC1CCC(CN)(N2CCN(C)CC2)C(C)C1. The van der Waals surface area contributed by atoms with E-state index in [2.05, 4.69) is 30.7 Å². The highest BCUT2D eigenvalue weighted by Crippen LogP contribution is 2.40. The molecule has 17 heavy (non-hydrogen) atoms. The third kappa shape index (κ3) is 2.51. The Morgan fingerprint density at radius 3 is 2.35 bits per heavy atom. The maximum atomic E-state index is 6.18. The van der Waals surface area contributed by atoms with Gasteiger partial charge in [-0.2, -0.15) is 0 Å². The fourth-order valence-corrected chi connectivity index (χ4v) is 3.84. The molecule has 0 bridgehead atoms. The minimum atomic E-state index is 0.299. The molecule has 3 heteroatoms. The molecule has 0 aromatic carbocycles. The van der Waals surface area contributed by atoms with Crippen LogP contribution in [-0.2, 0) is 0 Å². The van der Waals surface area contributed by atoms with Crippen LogP contribution in [0.2, 0.25) is 0 Å². The lowest BCUT2D eigenvalue weighted by atomic mass is 9.68. The zero-order valence-electron chi connectivity index (χ0n) is 11.8. The molecule has 3 unspecified atom stereocenters. The monoisotopic (exact) mass is 239 g/mol. The minimum absolute atomic E-state index is 0.299. The average molecular weight is 239 g/mol. The second kappa shape index (κ2) is 5.25. The lowest BCUT2D eigenvalue weighted by Crippen LogP contribution is -2.64. The van der Waals surface area contributed by atoms with Crippen LogP contribution < -0.4 is 5.73 Å². The fraction of sp³-hybridized carbons (Fsp3) is 1.00. The Bertz CT molecular complexity index is 248. The largest absolute Gasteiger partial charge is 0.329 e. The van der Waals surface area contributed by atoms with Gasteiger partial charge in [-0.1, -0.05) is 13.8 Å². The van der Waals surface area contributed by atoms with Gasteiger partial charge >= 0.3 is 0 Å². The molecule has 0 radical (unpaired) electrons. The number of likely N-dealkylation sites (N-methyl/N-ethyl adjacent to an activating group) is 1. The van der Waals surface area contributed by atoms with Crippen molar-refractivity contribution in [3.8, 4) is 0 Å². The Morgan fingerprint density at radius 2 is 1.82 bits per heavy atom. The molecule has 1 aliphatic carbocycles. The molecule has 2 aliphatic rings. The number of rotatable bonds is 2. The number of hydrogen-bond donors (Lipinski definition) is 1. The summed E-state index contributed by atoms with van der Waals surface area (Å²) in [7, 11) is 2.22. The Labute approximate surface area is 106 Å². The van der Waals surface area contributed by atoms with Crippen LogP contribution in [0.5, 0.6) is 0 Å². The minimum Gasteiger partial charge on any atom is -0.329 e. The van der Waals surface area contributed by atoms with E-state index in [0.717, 1.165) is 18.4 Å². The molecule has 0 amide bonds. The highest BCUT2D eigenvalue weighted by atomic mass is 15.3. The van der Waals surface area contributed by atoms with Crippen molar-refractivity contribution in [3.05, 3.63) is 0 Å². The van der Waals surface area contributed by atoms with Crippen molar-refractivity contribution in [1.82, 2.24) is 9.80 Å². The standard InChI is InChI=1S/C14H29N3/c1-12-4-5-14(11-15,13(2)10-12)17-8-6-16(3)7-9-17/h12-13H,4-11,15H2,1-3H3. The van der Waals surface area contributed by atoms with Crippen LogP contribution in [0, 0.1) is 11.8 Å². The van der Waals surface area contributed by atoms with E-state index in [1.165, 1.54) is 45.4 Å². The van der Waals surface area contributed by atoms with Gasteiger partial charge in [0.05, 0.1) is 0 Å². The van der Waals surface area contributed by atoms with Crippen molar-refractivity contribution in [2.75, 3.05) is 39.8 Å². The maximum absolute atomic E-state index is 6.18. The maximum Gasteiger partial charge on any atom is 0.0358 e. The van der Waals surface area contributed by atoms with Gasteiger partial charge in [0.1, 0.15) is 0 Å². The van der Waals surface area contributed by atoms with Crippen molar-refractivity contribution in [2.24, 2.45) is 17.6 Å². The number of piperazine rings is 1. The van der Waals surface area contributed by atoms with Crippen molar-refractivity contribution in [1.29, 1.82) is 0 Å². The van der Waals surface area contributed by atoms with Crippen molar-refractivity contribution < 1.29 is 0 Å². The van der Waals surface area contributed by atoms with E-state index >= 15 is 0 Å². The van der Waals surface area contributed by atoms with Crippen LogP contribution in [0.4, 0.5) is 0 Å². The summed E-state index contributed by atoms with van der Waals surface area (Å²) in [5, 5.41) is 0. The summed E-state index contributed by atoms with van der Waals surface area (Å²) in [4.78, 5) is 5.13. The fourth-order valence-electron chi connectivity index (χ4n) is 3.84. The molecule has 2 fully saturated rings. The molecule has 2 rings (SSSR count). The van der Waals surface area contributed by atoms with E-state index in [-0.39, 0.29) is 0 Å². The Kier molecular flexibility index (Phi) is 4.11. The molecule has 2 N–H and O–H groups in total. The van der Waals surface area contributed by atoms with Crippen LogP contribution in [0.3, 0.4) is 0 Å². The Morgan fingerprint density at radius 1 is 1.18 bits per heavy atom. The molecule has 0 spiro atoms. The van der Waals surface area contributed by atoms with Gasteiger partial charge < -0.3 is 10.6 Å². The predicted octanol–water partition coefficient (Wildman–Crippen LogP) is 1.39. The van der Waals surface area contributed by atoms with Crippen LogP contribution in [0.1, 0.15) is 33.1 Å². The first-order chi connectivity index (χ1) is 8.08. The zero-order chi connectivity index (χ0) is 12.5. The first-order valence-electron chi connectivity index (χ1n) is 7.22. The van der Waals surface area contributed by atoms with Crippen molar-refractivity contribution in [2.45, 2.75) is 38.6 Å². The van der Waals surface area contributed by atoms with Crippen LogP contribution in [0.25, 0.3) is 0 Å². The van der Waals surface area contributed by atoms with Crippen molar-refractivity contribution >= 4 is 0 Å². The van der Waals surface area contributed by atoms with E-state index in [1.807, 2.05) is 0 Å². The van der Waals surface area contributed by atoms with Gasteiger partial charge in [0.15, 0.2) is 0 Å². The molecule has 3 atom stereocenters. The molecular weight excluding hydrogens is 210 g/mol. The normalized spacial score (nSPS) is 41.6. The van der Waals surface area contributed by atoms with Crippen LogP contribution in [0.15, 0.2) is 0 Å². The molecule has 0 aromatic heterocycles. The summed E-state index contributed by atoms with van der Waals surface area (Å²) < 4.78 is 0. The van der Waals surface area contributed by atoms with E-state index in [9.17, 15) is 0 Å². The van der Waals surface area contributed by atoms with Gasteiger partial charge in [-0.3, -0.25) is 4.90 Å². The van der Waals surface area contributed by atoms with Gasteiger partial charge in [-0.15, -0.1) is 0 Å². The molecule has 1 aliphatic heterocycles. The Balaban J connectivity index is 2.08. The zero-order valence-corrected chi connectivity index (χ0v) is 11.8. The summed E-state index contributed by atoms with van der Waals surface area (Å²) in [5.41, 5.74) is 6.48. The molecular formula is C14H29N3. The van der Waals surface area contributed by atoms with Gasteiger partial charge in [0.25, 0.3) is 0 Å². The molecule has 1 saturated heterocycles. The highest BCUT2D eigenvalue weighted by molar-refractivity contribution is 5.00. The predicted molar refractivity (Wildman–Crippen MR) is 73.0 cm³/mol. The lowest BCUT2D eigenvalue weighted by Gasteiger charge is -2.53.